The molecule has 1 saturated heterocycles. The molecule has 0 aliphatic carbocycles. The van der Waals surface area contributed by atoms with Crippen molar-refractivity contribution in [1.29, 1.82) is 0 Å². The van der Waals surface area contributed by atoms with E-state index in [1.165, 1.54) is 6.33 Å². The lowest BCUT2D eigenvalue weighted by Crippen LogP contribution is -2.40. The monoisotopic (exact) mass is 298 g/mol. The summed E-state index contributed by atoms with van der Waals surface area (Å²) in [4.78, 5) is 20.4. The van der Waals surface area contributed by atoms with Crippen molar-refractivity contribution in [2.75, 3.05) is 18.0 Å². The minimum atomic E-state index is -0.501. The Morgan fingerprint density at radius 2 is 1.95 bits per heavy atom. The number of nitro groups is 1. The minimum absolute atomic E-state index is 0.0946. The number of hydrogen-bond donors (Lipinski definition) is 0. The number of hydrogen-bond acceptors (Lipinski definition) is 5. The zero-order valence-corrected chi connectivity index (χ0v) is 12.6. The summed E-state index contributed by atoms with van der Waals surface area (Å²) in [6.45, 7) is 5.97. The molecule has 110 valence electrons. The third kappa shape index (κ3) is 2.70. The molecule has 0 unspecified atom stereocenters. The Morgan fingerprint density at radius 1 is 1.35 bits per heavy atom. The summed E-state index contributed by atoms with van der Waals surface area (Å²) in [5, 5.41) is 11.0. The van der Waals surface area contributed by atoms with Crippen LogP contribution in [0, 0.1) is 15.5 Å². The van der Waals surface area contributed by atoms with Crippen LogP contribution in [0.4, 0.5) is 11.5 Å². The summed E-state index contributed by atoms with van der Waals surface area (Å²) in [7, 11) is 0. The highest BCUT2D eigenvalue weighted by Gasteiger charge is 2.34. The molecule has 1 aliphatic rings. The third-order valence-corrected chi connectivity index (χ3v) is 4.84. The van der Waals surface area contributed by atoms with Gasteiger partial charge in [-0.25, -0.2) is 9.97 Å². The van der Waals surface area contributed by atoms with Crippen LogP contribution in [-0.2, 0) is 0 Å². The fourth-order valence-corrected chi connectivity index (χ4v) is 3.08. The van der Waals surface area contributed by atoms with Crippen molar-refractivity contribution in [3.05, 3.63) is 21.6 Å². The zero-order chi connectivity index (χ0) is 14.8. The number of halogens is 1. The molecule has 2 heterocycles. The minimum Gasteiger partial charge on any atom is -0.351 e. The Labute approximate surface area is 123 Å². The van der Waals surface area contributed by atoms with Crippen molar-refractivity contribution in [1.82, 2.24) is 9.97 Å². The van der Waals surface area contributed by atoms with Crippen LogP contribution in [0.2, 0.25) is 5.15 Å². The average molecular weight is 299 g/mol. The number of rotatable bonds is 4. The van der Waals surface area contributed by atoms with E-state index in [0.29, 0.717) is 11.2 Å². The molecule has 1 fully saturated rings. The standard InChI is InChI=1S/C13H19ClN4O2/c1-3-13(4-2)5-7-17(8-6-13)12-10(18(19)20)11(14)15-9-16-12/h9H,3-8H2,1-2H3. The van der Waals surface area contributed by atoms with Gasteiger partial charge in [-0.3, -0.25) is 10.1 Å². The highest BCUT2D eigenvalue weighted by atomic mass is 35.5. The van der Waals surface area contributed by atoms with E-state index in [-0.39, 0.29) is 10.8 Å². The van der Waals surface area contributed by atoms with Gasteiger partial charge in [0.1, 0.15) is 6.33 Å². The van der Waals surface area contributed by atoms with Crippen LogP contribution in [0.15, 0.2) is 6.33 Å². The summed E-state index contributed by atoms with van der Waals surface area (Å²) >= 11 is 5.83. The van der Waals surface area contributed by atoms with E-state index in [0.717, 1.165) is 38.8 Å². The summed E-state index contributed by atoms with van der Waals surface area (Å²) in [6.07, 6.45) is 5.62. The van der Waals surface area contributed by atoms with Crippen LogP contribution in [0.25, 0.3) is 0 Å². The predicted octanol–water partition coefficient (Wildman–Crippen LogP) is 3.44. The lowest BCUT2D eigenvalue weighted by atomic mass is 9.74. The summed E-state index contributed by atoms with van der Waals surface area (Å²) in [5.41, 5.74) is 0.178. The SMILES string of the molecule is CCC1(CC)CCN(c2ncnc(Cl)c2[N+](=O)[O-])CC1. The maximum atomic E-state index is 11.1. The maximum absolute atomic E-state index is 11.1. The molecule has 1 aromatic rings. The average Bonchev–Trinajstić information content (AvgIpc) is 2.46. The summed E-state index contributed by atoms with van der Waals surface area (Å²) < 4.78 is 0. The van der Waals surface area contributed by atoms with Crippen LogP contribution in [0.3, 0.4) is 0 Å². The molecule has 0 spiro atoms. The van der Waals surface area contributed by atoms with Crippen molar-refractivity contribution >= 4 is 23.1 Å². The van der Waals surface area contributed by atoms with Gasteiger partial charge in [-0.1, -0.05) is 38.3 Å². The van der Waals surface area contributed by atoms with E-state index >= 15 is 0 Å². The van der Waals surface area contributed by atoms with E-state index in [1.54, 1.807) is 0 Å². The Kier molecular flexibility index (Phi) is 4.42. The third-order valence-electron chi connectivity index (χ3n) is 4.56. The van der Waals surface area contributed by atoms with Crippen molar-refractivity contribution in [2.24, 2.45) is 5.41 Å². The van der Waals surface area contributed by atoms with Crippen LogP contribution in [0.1, 0.15) is 39.5 Å². The first-order valence-corrected chi connectivity index (χ1v) is 7.30. The van der Waals surface area contributed by atoms with Gasteiger partial charge in [0, 0.05) is 13.1 Å². The first kappa shape index (κ1) is 15.0. The zero-order valence-electron chi connectivity index (χ0n) is 11.8. The molecular formula is C13H19ClN4O2. The van der Waals surface area contributed by atoms with Gasteiger partial charge in [-0.05, 0) is 18.3 Å². The van der Waals surface area contributed by atoms with Gasteiger partial charge < -0.3 is 4.90 Å². The number of nitrogens with zero attached hydrogens (tertiary/aromatic N) is 4. The van der Waals surface area contributed by atoms with Crippen molar-refractivity contribution < 1.29 is 4.92 Å². The lowest BCUT2D eigenvalue weighted by Gasteiger charge is -2.41. The van der Waals surface area contributed by atoms with Crippen LogP contribution in [0.5, 0.6) is 0 Å². The smallest absolute Gasteiger partial charge is 0.348 e. The van der Waals surface area contributed by atoms with Crippen molar-refractivity contribution in [3.63, 3.8) is 0 Å². The number of anilines is 1. The summed E-state index contributed by atoms with van der Waals surface area (Å²) in [6, 6.07) is 0. The predicted molar refractivity (Wildman–Crippen MR) is 78.2 cm³/mol. The molecule has 0 N–H and O–H groups in total. The molecule has 0 bridgehead atoms. The molecule has 7 heteroatoms. The van der Waals surface area contributed by atoms with E-state index in [2.05, 4.69) is 23.8 Å². The second-order valence-electron chi connectivity index (χ2n) is 5.29. The van der Waals surface area contributed by atoms with Gasteiger partial charge in [-0.15, -0.1) is 0 Å². The van der Waals surface area contributed by atoms with Gasteiger partial charge >= 0.3 is 5.69 Å². The first-order valence-electron chi connectivity index (χ1n) is 6.93. The Hall–Kier alpha value is -1.43. The highest BCUT2D eigenvalue weighted by molar-refractivity contribution is 6.31. The fraction of sp³-hybridized carbons (Fsp3) is 0.692. The Morgan fingerprint density at radius 3 is 2.45 bits per heavy atom. The van der Waals surface area contributed by atoms with E-state index < -0.39 is 4.92 Å². The molecule has 0 amide bonds. The van der Waals surface area contributed by atoms with Gasteiger partial charge in [-0.2, -0.15) is 0 Å². The molecule has 2 rings (SSSR count). The normalized spacial score (nSPS) is 18.1. The van der Waals surface area contributed by atoms with Crippen molar-refractivity contribution in [3.8, 4) is 0 Å². The van der Waals surface area contributed by atoms with Crippen LogP contribution < -0.4 is 4.90 Å². The van der Waals surface area contributed by atoms with E-state index in [9.17, 15) is 10.1 Å². The van der Waals surface area contributed by atoms with Gasteiger partial charge in [0.15, 0.2) is 0 Å². The second kappa shape index (κ2) is 5.91. The first-order chi connectivity index (χ1) is 9.53. The molecule has 1 aromatic heterocycles. The molecule has 6 nitrogen and oxygen atoms in total. The fourth-order valence-electron chi connectivity index (χ4n) is 2.89. The van der Waals surface area contributed by atoms with E-state index in [4.69, 9.17) is 11.6 Å². The molecule has 0 atom stereocenters. The molecule has 0 aromatic carbocycles. The maximum Gasteiger partial charge on any atom is 0.348 e. The molecule has 1 aliphatic heterocycles. The molecule has 0 saturated carbocycles. The highest BCUT2D eigenvalue weighted by Crippen LogP contribution is 2.41. The summed E-state index contributed by atoms with van der Waals surface area (Å²) in [5.74, 6) is 0.343. The topological polar surface area (TPSA) is 72.2 Å². The quantitative estimate of drug-likeness (QED) is 0.483. The lowest BCUT2D eigenvalue weighted by molar-refractivity contribution is -0.384. The van der Waals surface area contributed by atoms with Crippen LogP contribution >= 0.6 is 11.6 Å². The van der Waals surface area contributed by atoms with Gasteiger partial charge in [0.25, 0.3) is 0 Å². The van der Waals surface area contributed by atoms with Gasteiger partial charge in [0.2, 0.25) is 11.0 Å². The Bertz CT molecular complexity index is 495. The molecule has 0 radical (unpaired) electrons. The van der Waals surface area contributed by atoms with Gasteiger partial charge in [0.05, 0.1) is 4.92 Å². The van der Waals surface area contributed by atoms with E-state index in [1.807, 2.05) is 4.90 Å². The molecular weight excluding hydrogens is 280 g/mol. The van der Waals surface area contributed by atoms with Crippen molar-refractivity contribution in [2.45, 2.75) is 39.5 Å². The second-order valence-corrected chi connectivity index (χ2v) is 5.65. The van der Waals surface area contributed by atoms with Crippen LogP contribution in [-0.4, -0.2) is 28.0 Å². The molecule has 20 heavy (non-hydrogen) atoms. The Balaban J connectivity index is 2.23. The number of piperidine rings is 1. The number of aromatic nitrogens is 2. The largest absolute Gasteiger partial charge is 0.351 e.